The van der Waals surface area contributed by atoms with E-state index in [2.05, 4.69) is 4.72 Å². The molecule has 0 spiro atoms. The summed E-state index contributed by atoms with van der Waals surface area (Å²) >= 11 is 5.81. The third-order valence-electron chi connectivity index (χ3n) is 4.43. The Labute approximate surface area is 166 Å². The topological polar surface area (TPSA) is 66.5 Å². The molecule has 27 heavy (non-hydrogen) atoms. The standard InChI is InChI=1S/C20H25ClN2O3S/c1-4-15(2)23(14-17-8-6-5-7-9-17)20(24)16(3)22-27(25,26)19-12-10-18(21)11-13-19/h5-13,15-16,22H,4,14H2,1-3H3/t15?,16-/m0/s1. The lowest BCUT2D eigenvalue weighted by molar-refractivity contribution is -0.135. The van der Waals surface area contributed by atoms with Gasteiger partial charge in [-0.05, 0) is 50.1 Å². The van der Waals surface area contributed by atoms with Gasteiger partial charge in [0.25, 0.3) is 0 Å². The Kier molecular flexibility index (Phi) is 7.41. The number of rotatable bonds is 8. The molecule has 0 saturated carbocycles. The average Bonchev–Trinajstić information content (AvgIpc) is 2.65. The number of nitrogens with one attached hydrogen (secondary N) is 1. The molecule has 7 heteroatoms. The van der Waals surface area contributed by atoms with Crippen molar-refractivity contribution in [2.75, 3.05) is 0 Å². The SMILES string of the molecule is CCC(C)N(Cc1ccccc1)C(=O)[C@H](C)NS(=O)(=O)c1ccc(Cl)cc1. The van der Waals surface area contributed by atoms with Crippen LogP contribution in [0.15, 0.2) is 59.5 Å². The first kappa shape index (κ1) is 21.4. The number of sulfonamides is 1. The van der Waals surface area contributed by atoms with Crippen LogP contribution in [0.4, 0.5) is 0 Å². The third kappa shape index (κ3) is 5.79. The summed E-state index contributed by atoms with van der Waals surface area (Å²) in [5.41, 5.74) is 0.999. The highest BCUT2D eigenvalue weighted by atomic mass is 35.5. The number of hydrogen-bond acceptors (Lipinski definition) is 3. The van der Waals surface area contributed by atoms with Crippen LogP contribution in [0.25, 0.3) is 0 Å². The molecule has 146 valence electrons. The average molecular weight is 409 g/mol. The highest BCUT2D eigenvalue weighted by molar-refractivity contribution is 7.89. The van der Waals surface area contributed by atoms with Gasteiger partial charge >= 0.3 is 0 Å². The molecule has 1 amide bonds. The van der Waals surface area contributed by atoms with E-state index in [4.69, 9.17) is 11.6 Å². The summed E-state index contributed by atoms with van der Waals surface area (Å²) in [6, 6.07) is 14.6. The molecule has 0 aliphatic carbocycles. The quantitative estimate of drug-likeness (QED) is 0.721. The van der Waals surface area contributed by atoms with Crippen LogP contribution in [0, 0.1) is 0 Å². The lowest BCUT2D eigenvalue weighted by atomic mass is 10.1. The Hall–Kier alpha value is -1.89. The first-order valence-corrected chi connectivity index (χ1v) is 10.7. The minimum atomic E-state index is -3.82. The Bertz CT molecular complexity index is 855. The highest BCUT2D eigenvalue weighted by Crippen LogP contribution is 2.16. The van der Waals surface area contributed by atoms with Crippen LogP contribution in [0.5, 0.6) is 0 Å². The second-order valence-corrected chi connectivity index (χ2v) is 8.66. The normalized spacial score (nSPS) is 13.8. The first-order valence-electron chi connectivity index (χ1n) is 8.87. The van der Waals surface area contributed by atoms with E-state index in [1.807, 2.05) is 44.2 Å². The van der Waals surface area contributed by atoms with E-state index < -0.39 is 16.1 Å². The second-order valence-electron chi connectivity index (χ2n) is 6.51. The van der Waals surface area contributed by atoms with Gasteiger partial charge in [-0.3, -0.25) is 4.79 Å². The Balaban J connectivity index is 2.17. The third-order valence-corrected chi connectivity index (χ3v) is 6.24. The van der Waals surface area contributed by atoms with Crippen LogP contribution in [-0.2, 0) is 21.4 Å². The van der Waals surface area contributed by atoms with E-state index >= 15 is 0 Å². The fourth-order valence-electron chi connectivity index (χ4n) is 2.67. The molecule has 0 aliphatic heterocycles. The molecular weight excluding hydrogens is 384 g/mol. The molecule has 2 rings (SSSR count). The van der Waals surface area contributed by atoms with Crippen molar-refractivity contribution in [3.05, 3.63) is 65.2 Å². The van der Waals surface area contributed by atoms with Gasteiger partial charge in [-0.15, -0.1) is 0 Å². The number of nitrogens with zero attached hydrogens (tertiary/aromatic N) is 1. The zero-order chi connectivity index (χ0) is 20.0. The van der Waals surface area contributed by atoms with Gasteiger partial charge in [0.2, 0.25) is 15.9 Å². The molecule has 0 heterocycles. The van der Waals surface area contributed by atoms with Gasteiger partial charge in [0.15, 0.2) is 0 Å². The van der Waals surface area contributed by atoms with Crippen LogP contribution >= 0.6 is 11.6 Å². The summed E-state index contributed by atoms with van der Waals surface area (Å²) < 4.78 is 27.6. The molecule has 0 aromatic heterocycles. The van der Waals surface area contributed by atoms with Gasteiger partial charge < -0.3 is 4.90 Å². The van der Waals surface area contributed by atoms with E-state index in [0.717, 1.165) is 12.0 Å². The molecule has 5 nitrogen and oxygen atoms in total. The van der Waals surface area contributed by atoms with Crippen LogP contribution in [0.1, 0.15) is 32.8 Å². The molecule has 0 saturated heterocycles. The van der Waals surface area contributed by atoms with Crippen molar-refractivity contribution in [1.29, 1.82) is 0 Å². The van der Waals surface area contributed by atoms with Crippen molar-refractivity contribution in [1.82, 2.24) is 9.62 Å². The minimum Gasteiger partial charge on any atom is -0.334 e. The lowest BCUT2D eigenvalue weighted by Gasteiger charge is -2.31. The van der Waals surface area contributed by atoms with Crippen molar-refractivity contribution in [2.45, 2.75) is 50.7 Å². The van der Waals surface area contributed by atoms with Crippen LogP contribution < -0.4 is 4.72 Å². The maximum Gasteiger partial charge on any atom is 0.241 e. The van der Waals surface area contributed by atoms with Gasteiger partial charge in [-0.1, -0.05) is 48.9 Å². The monoisotopic (exact) mass is 408 g/mol. The summed E-state index contributed by atoms with van der Waals surface area (Å²) in [6.07, 6.45) is 0.773. The van der Waals surface area contributed by atoms with E-state index in [-0.39, 0.29) is 16.8 Å². The molecule has 0 bridgehead atoms. The van der Waals surface area contributed by atoms with Crippen molar-refractivity contribution in [2.24, 2.45) is 0 Å². The molecule has 0 aliphatic rings. The number of amides is 1. The molecule has 1 unspecified atom stereocenters. The summed E-state index contributed by atoms with van der Waals surface area (Å²) in [7, 11) is -3.82. The number of benzene rings is 2. The van der Waals surface area contributed by atoms with Crippen molar-refractivity contribution < 1.29 is 13.2 Å². The number of carbonyl (C=O) groups is 1. The Morgan fingerprint density at radius 3 is 2.22 bits per heavy atom. The highest BCUT2D eigenvalue weighted by Gasteiger charge is 2.28. The molecule has 2 aromatic carbocycles. The second kappa shape index (κ2) is 9.35. The number of halogens is 1. The summed E-state index contributed by atoms with van der Waals surface area (Å²) in [4.78, 5) is 14.8. The molecule has 0 radical (unpaired) electrons. The lowest BCUT2D eigenvalue weighted by Crippen LogP contribution is -2.49. The predicted molar refractivity (Wildman–Crippen MR) is 108 cm³/mol. The van der Waals surface area contributed by atoms with E-state index in [9.17, 15) is 13.2 Å². The maximum absolute atomic E-state index is 13.0. The van der Waals surface area contributed by atoms with Gasteiger partial charge in [0.1, 0.15) is 0 Å². The predicted octanol–water partition coefficient (Wildman–Crippen LogP) is 3.83. The van der Waals surface area contributed by atoms with Crippen LogP contribution in [0.2, 0.25) is 5.02 Å². The Morgan fingerprint density at radius 2 is 1.67 bits per heavy atom. The molecule has 2 atom stereocenters. The zero-order valence-corrected chi connectivity index (χ0v) is 17.3. The van der Waals surface area contributed by atoms with E-state index in [1.165, 1.54) is 24.3 Å². The van der Waals surface area contributed by atoms with E-state index in [1.54, 1.807) is 11.8 Å². The van der Waals surface area contributed by atoms with Gasteiger partial charge in [0.05, 0.1) is 10.9 Å². The zero-order valence-electron chi connectivity index (χ0n) is 15.7. The smallest absolute Gasteiger partial charge is 0.241 e. The van der Waals surface area contributed by atoms with Crippen LogP contribution in [0.3, 0.4) is 0 Å². The van der Waals surface area contributed by atoms with Crippen molar-refractivity contribution in [3.63, 3.8) is 0 Å². The summed E-state index contributed by atoms with van der Waals surface area (Å²) in [5.74, 6) is -0.259. The minimum absolute atomic E-state index is 0.0137. The first-order chi connectivity index (χ1) is 12.7. The van der Waals surface area contributed by atoms with Crippen molar-refractivity contribution in [3.8, 4) is 0 Å². The number of hydrogen-bond donors (Lipinski definition) is 1. The fraction of sp³-hybridized carbons (Fsp3) is 0.350. The molecule has 2 aromatic rings. The van der Waals surface area contributed by atoms with Gasteiger partial charge in [0, 0.05) is 17.6 Å². The molecule has 0 fully saturated rings. The summed E-state index contributed by atoms with van der Waals surface area (Å²) in [5, 5.41) is 0.448. The summed E-state index contributed by atoms with van der Waals surface area (Å²) in [6.45, 7) is 5.96. The van der Waals surface area contributed by atoms with E-state index in [0.29, 0.717) is 11.6 Å². The molecule has 1 N–H and O–H groups in total. The van der Waals surface area contributed by atoms with Crippen LogP contribution in [-0.4, -0.2) is 31.3 Å². The van der Waals surface area contributed by atoms with Crippen molar-refractivity contribution >= 4 is 27.5 Å². The Morgan fingerprint density at radius 1 is 1.07 bits per heavy atom. The maximum atomic E-state index is 13.0. The van der Waals surface area contributed by atoms with Gasteiger partial charge in [-0.2, -0.15) is 4.72 Å². The van der Waals surface area contributed by atoms with Gasteiger partial charge in [-0.25, -0.2) is 8.42 Å². The largest absolute Gasteiger partial charge is 0.334 e. The molecular formula is C20H25ClN2O3S. The fourth-order valence-corrected chi connectivity index (χ4v) is 3.99. The number of carbonyl (C=O) groups excluding carboxylic acids is 1.